The Morgan fingerprint density at radius 3 is 2.44 bits per heavy atom. The highest BCUT2D eigenvalue weighted by atomic mass is 16.7. The van der Waals surface area contributed by atoms with Gasteiger partial charge in [0, 0.05) is 30.7 Å². The van der Waals surface area contributed by atoms with Crippen molar-refractivity contribution >= 4 is 6.08 Å². The smallest absolute Gasteiger partial charge is 0.169 e. The summed E-state index contributed by atoms with van der Waals surface area (Å²) in [6.07, 6.45) is 14.2. The van der Waals surface area contributed by atoms with Crippen LogP contribution in [-0.4, -0.2) is 25.5 Å². The van der Waals surface area contributed by atoms with Crippen LogP contribution in [0.3, 0.4) is 0 Å². The maximum absolute atomic E-state index is 6.50. The van der Waals surface area contributed by atoms with Crippen LogP contribution in [0, 0.1) is 34.5 Å². The maximum Gasteiger partial charge on any atom is 0.169 e. The molecule has 0 amide bonds. The fourth-order valence-corrected chi connectivity index (χ4v) is 8.82. The number of hydrogen-bond donors (Lipinski definition) is 1. The lowest BCUT2D eigenvalue weighted by atomic mass is 9.51. The van der Waals surface area contributed by atoms with Crippen LogP contribution < -0.4 is 5.73 Å². The molecule has 1 aliphatic heterocycles. The molecule has 6 rings (SSSR count). The van der Waals surface area contributed by atoms with Crippen LogP contribution in [0.5, 0.6) is 0 Å². The Kier molecular flexibility index (Phi) is 6.29. The molecule has 0 radical (unpaired) electrons. The third-order valence-electron chi connectivity index (χ3n) is 11.0. The van der Waals surface area contributed by atoms with Crippen molar-refractivity contribution < 1.29 is 9.47 Å². The first kappa shape index (κ1) is 24.9. The molecule has 0 aromatic heterocycles. The van der Waals surface area contributed by atoms with Gasteiger partial charge in [0.2, 0.25) is 0 Å². The van der Waals surface area contributed by atoms with Gasteiger partial charge in [-0.25, -0.2) is 0 Å². The first-order valence-corrected chi connectivity index (χ1v) is 14.7. The molecule has 3 saturated carbocycles. The highest BCUT2D eigenvalue weighted by Gasteiger charge is 2.57. The Bertz CT molecular complexity index is 1030. The maximum atomic E-state index is 6.50. The normalized spacial score (nSPS) is 39.2. The van der Waals surface area contributed by atoms with Crippen LogP contribution in [0.15, 0.2) is 41.5 Å². The van der Waals surface area contributed by atoms with Crippen molar-refractivity contribution in [1.29, 1.82) is 0 Å². The van der Waals surface area contributed by atoms with Gasteiger partial charge in [0.15, 0.2) is 5.79 Å². The summed E-state index contributed by atoms with van der Waals surface area (Å²) < 4.78 is 13.0. The second-order valence-electron chi connectivity index (χ2n) is 13.9. The molecule has 4 aliphatic carbocycles. The summed E-state index contributed by atoms with van der Waals surface area (Å²) in [6.45, 7) is 11.9. The summed E-state index contributed by atoms with van der Waals surface area (Å²) in [5, 5.41) is 0. The van der Waals surface area contributed by atoms with Crippen molar-refractivity contribution in [1.82, 2.24) is 0 Å². The summed E-state index contributed by atoms with van der Waals surface area (Å²) in [7, 11) is 0. The lowest BCUT2D eigenvalue weighted by Gasteiger charge is -2.55. The molecule has 1 aromatic carbocycles. The van der Waals surface area contributed by atoms with Crippen LogP contribution in [0.25, 0.3) is 6.08 Å². The Labute approximate surface area is 218 Å². The number of nitrogens with two attached hydrogens (primary N) is 1. The Balaban J connectivity index is 1.36. The fourth-order valence-electron chi connectivity index (χ4n) is 8.82. The van der Waals surface area contributed by atoms with E-state index in [1.54, 1.807) is 5.57 Å². The van der Waals surface area contributed by atoms with Gasteiger partial charge in [0.25, 0.3) is 0 Å². The zero-order valence-electron chi connectivity index (χ0n) is 23.0. The molecule has 1 saturated heterocycles. The van der Waals surface area contributed by atoms with Gasteiger partial charge in [0.1, 0.15) is 0 Å². The van der Waals surface area contributed by atoms with Crippen LogP contribution in [-0.2, 0) is 9.47 Å². The van der Waals surface area contributed by atoms with E-state index < -0.39 is 0 Å². The van der Waals surface area contributed by atoms with Crippen LogP contribution in [0.1, 0.15) is 96.1 Å². The molecule has 1 heterocycles. The Morgan fingerprint density at radius 1 is 0.972 bits per heavy atom. The number of fused-ring (bicyclic) bond motifs is 4. The minimum absolute atomic E-state index is 0.130. The van der Waals surface area contributed by atoms with E-state index >= 15 is 0 Å². The van der Waals surface area contributed by atoms with Gasteiger partial charge in [-0.05, 0) is 78.7 Å². The zero-order chi connectivity index (χ0) is 25.1. The Hall–Kier alpha value is -1.42. The minimum atomic E-state index is -0.339. The van der Waals surface area contributed by atoms with Crippen molar-refractivity contribution in [2.24, 2.45) is 40.2 Å². The SMILES string of the molecule is CC1CCC2C3CCC4CC5(CCC4=C3C(c3ccc(/C=C/CN)cc3)CC12C)OCC(C)(C)CO5. The number of rotatable bonds is 3. The molecule has 6 atom stereocenters. The van der Waals surface area contributed by atoms with Crippen LogP contribution in [0.4, 0.5) is 0 Å². The van der Waals surface area contributed by atoms with Crippen molar-refractivity contribution in [2.75, 3.05) is 19.8 Å². The van der Waals surface area contributed by atoms with E-state index in [1.807, 2.05) is 11.6 Å². The lowest BCUT2D eigenvalue weighted by Crippen LogP contribution is -2.51. The second-order valence-corrected chi connectivity index (χ2v) is 13.9. The molecule has 1 aromatic rings. The molecule has 6 unspecified atom stereocenters. The van der Waals surface area contributed by atoms with Gasteiger partial charge in [-0.15, -0.1) is 0 Å². The van der Waals surface area contributed by atoms with Gasteiger partial charge in [0.05, 0.1) is 13.2 Å². The van der Waals surface area contributed by atoms with E-state index in [2.05, 4.69) is 58.0 Å². The van der Waals surface area contributed by atoms with E-state index in [4.69, 9.17) is 15.2 Å². The third-order valence-corrected chi connectivity index (χ3v) is 11.0. The molecule has 4 fully saturated rings. The number of allylic oxidation sites excluding steroid dienone is 2. The van der Waals surface area contributed by atoms with Crippen molar-refractivity contribution in [2.45, 2.75) is 90.8 Å². The minimum Gasteiger partial charge on any atom is -0.349 e. The topological polar surface area (TPSA) is 44.5 Å². The standard InChI is InChI=1S/C33H47NO2/c1-22-7-14-29-27-13-12-25-18-33(35-20-31(2,3)21-36-33)16-15-26(25)30(27)28(19-32(22,29)4)24-10-8-23(9-11-24)6-5-17-34/h5-6,8-11,22,25,27-29H,7,12-21,34H2,1-4H3/b6-5+. The third kappa shape index (κ3) is 4.14. The predicted octanol–water partition coefficient (Wildman–Crippen LogP) is 7.47. The quantitative estimate of drug-likeness (QED) is 0.448. The van der Waals surface area contributed by atoms with E-state index in [0.29, 0.717) is 23.8 Å². The average molecular weight is 490 g/mol. The van der Waals surface area contributed by atoms with Crippen LogP contribution in [0.2, 0.25) is 0 Å². The predicted molar refractivity (Wildman–Crippen MR) is 147 cm³/mol. The largest absolute Gasteiger partial charge is 0.349 e. The lowest BCUT2D eigenvalue weighted by molar-refractivity contribution is -0.312. The molecule has 5 aliphatic rings. The first-order chi connectivity index (χ1) is 17.2. The Morgan fingerprint density at radius 2 is 1.72 bits per heavy atom. The molecule has 196 valence electrons. The van der Waals surface area contributed by atoms with Gasteiger partial charge in [-0.1, -0.05) is 75.3 Å². The zero-order valence-corrected chi connectivity index (χ0v) is 23.0. The first-order valence-electron chi connectivity index (χ1n) is 14.7. The molecule has 0 bridgehead atoms. The van der Waals surface area contributed by atoms with Gasteiger partial charge in [-0.2, -0.15) is 0 Å². The van der Waals surface area contributed by atoms with Crippen molar-refractivity contribution in [3.63, 3.8) is 0 Å². The molecule has 36 heavy (non-hydrogen) atoms. The summed E-state index contributed by atoms with van der Waals surface area (Å²) >= 11 is 0. The van der Waals surface area contributed by atoms with Crippen molar-refractivity contribution in [3.8, 4) is 0 Å². The summed E-state index contributed by atoms with van der Waals surface area (Å²) in [5.41, 5.74) is 12.7. The highest BCUT2D eigenvalue weighted by molar-refractivity contribution is 5.51. The second kappa shape index (κ2) is 9.10. The highest BCUT2D eigenvalue weighted by Crippen LogP contribution is 2.66. The van der Waals surface area contributed by atoms with E-state index in [9.17, 15) is 0 Å². The molecular weight excluding hydrogens is 442 g/mol. The summed E-state index contributed by atoms with van der Waals surface area (Å²) in [6, 6.07) is 9.43. The van der Waals surface area contributed by atoms with Crippen LogP contribution >= 0.6 is 0 Å². The molecule has 1 spiro atoms. The molecule has 2 N–H and O–H groups in total. The van der Waals surface area contributed by atoms with E-state index in [-0.39, 0.29) is 11.2 Å². The van der Waals surface area contributed by atoms with E-state index in [0.717, 1.165) is 50.2 Å². The summed E-state index contributed by atoms with van der Waals surface area (Å²) in [5.74, 6) is 3.30. The summed E-state index contributed by atoms with van der Waals surface area (Å²) in [4.78, 5) is 0. The van der Waals surface area contributed by atoms with Gasteiger partial charge < -0.3 is 15.2 Å². The number of benzene rings is 1. The van der Waals surface area contributed by atoms with Gasteiger partial charge >= 0.3 is 0 Å². The average Bonchev–Trinajstić information content (AvgIpc) is 3.18. The monoisotopic (exact) mass is 489 g/mol. The molecule has 3 heteroatoms. The van der Waals surface area contributed by atoms with Crippen molar-refractivity contribution in [3.05, 3.63) is 52.6 Å². The fraction of sp³-hybridized carbons (Fsp3) is 0.697. The van der Waals surface area contributed by atoms with Gasteiger partial charge in [-0.3, -0.25) is 0 Å². The number of ether oxygens (including phenoxy) is 2. The number of hydrogen-bond acceptors (Lipinski definition) is 3. The molecule has 3 nitrogen and oxygen atoms in total. The van der Waals surface area contributed by atoms with E-state index in [1.165, 1.54) is 43.2 Å². The molecular formula is C33H47NO2.